The number of imidazole rings is 2. The van der Waals surface area contributed by atoms with Crippen LogP contribution in [0, 0.1) is 6.92 Å². The average molecular weight is 831 g/mol. The van der Waals surface area contributed by atoms with Crippen LogP contribution in [0.4, 0.5) is 17.2 Å². The van der Waals surface area contributed by atoms with Gasteiger partial charge in [-0.3, -0.25) is 28.6 Å². The number of carbonyl (C=O) groups is 3. The number of pyridine rings is 1. The summed E-state index contributed by atoms with van der Waals surface area (Å²) in [6.45, 7) is 9.43. The molecule has 1 amide bonds. The summed E-state index contributed by atoms with van der Waals surface area (Å²) < 4.78 is 4.73. The third-order valence-electron chi connectivity index (χ3n) is 12.0. The molecule has 62 heavy (non-hydrogen) atoms. The lowest BCUT2D eigenvalue weighted by Crippen LogP contribution is -2.45. The van der Waals surface area contributed by atoms with E-state index >= 15 is 0 Å². The summed E-state index contributed by atoms with van der Waals surface area (Å²) in [6.07, 6.45) is 6.11. The zero-order valence-corrected chi connectivity index (χ0v) is 35.5. The number of ketones is 2. The molecule has 316 valence electrons. The number of benzene rings is 3. The first-order valence-corrected chi connectivity index (χ1v) is 21.3. The van der Waals surface area contributed by atoms with Gasteiger partial charge in [0.05, 0.1) is 29.0 Å². The molecule has 1 aliphatic heterocycles. The van der Waals surface area contributed by atoms with Crippen LogP contribution in [-0.4, -0.2) is 83.3 Å². The van der Waals surface area contributed by atoms with Crippen LogP contribution in [0.1, 0.15) is 67.2 Å². The molecule has 2 aliphatic rings. The van der Waals surface area contributed by atoms with E-state index in [1.54, 1.807) is 22.3 Å². The predicted octanol–water partition coefficient (Wildman–Crippen LogP) is 6.88. The first-order valence-electron chi connectivity index (χ1n) is 21.3. The molecule has 0 radical (unpaired) electrons. The summed E-state index contributed by atoms with van der Waals surface area (Å²) in [5.74, 6) is 0.316. The van der Waals surface area contributed by atoms with Gasteiger partial charge in [-0.05, 0) is 111 Å². The Bertz CT molecular complexity index is 2880. The van der Waals surface area contributed by atoms with Gasteiger partial charge in [0.1, 0.15) is 5.78 Å². The Morgan fingerprint density at radius 2 is 1.60 bits per heavy atom. The van der Waals surface area contributed by atoms with Crippen molar-refractivity contribution in [3.8, 4) is 22.4 Å². The summed E-state index contributed by atoms with van der Waals surface area (Å²) in [5, 5.41) is 11.1. The second-order valence-corrected chi connectivity index (χ2v) is 16.7. The standard InChI is InChI=1S/C48H50N10O4/c1-30-24-45(53-58-44(28-50-46(30)58)47(61)52-37-13-14-37)51-38-7-5-6-36(25-38)40-17-9-33(27-49-40)29-55-20-22-56(23-21-55)39-15-10-34(11-16-39)35-12-19-42-43(26-35)54(4)48(62)57(42)41(32(3)60)18-8-31(2)59/h5-7,9-12,15-17,19,24-28,37,41H,8,13-14,18,20-23,29H2,1-4H3,(H,51,53)(H,52,61). The predicted molar refractivity (Wildman–Crippen MR) is 241 cm³/mol. The van der Waals surface area contributed by atoms with Crippen LogP contribution in [0.5, 0.6) is 0 Å². The van der Waals surface area contributed by atoms with E-state index in [0.717, 1.165) is 90.3 Å². The summed E-state index contributed by atoms with van der Waals surface area (Å²) in [4.78, 5) is 64.6. The number of Topliss-reactive ketones (excluding diaryl/α,β-unsaturated/α-hetero) is 2. The van der Waals surface area contributed by atoms with Crippen molar-refractivity contribution in [2.24, 2.45) is 7.05 Å². The minimum absolute atomic E-state index is 0.00641. The van der Waals surface area contributed by atoms with Gasteiger partial charge < -0.3 is 20.3 Å². The maximum Gasteiger partial charge on any atom is 0.329 e. The number of amides is 1. The fourth-order valence-corrected chi connectivity index (χ4v) is 8.40. The van der Waals surface area contributed by atoms with Crippen molar-refractivity contribution in [3.63, 3.8) is 0 Å². The Hall–Kier alpha value is -6.93. The molecular formula is C48H50N10O4. The van der Waals surface area contributed by atoms with Crippen molar-refractivity contribution in [2.45, 2.75) is 65.1 Å². The molecule has 2 fully saturated rings. The van der Waals surface area contributed by atoms with Crippen LogP contribution in [0.3, 0.4) is 0 Å². The van der Waals surface area contributed by atoms with Crippen LogP contribution in [0.25, 0.3) is 39.1 Å². The number of anilines is 3. The molecule has 7 aromatic rings. The van der Waals surface area contributed by atoms with Crippen molar-refractivity contribution in [1.29, 1.82) is 0 Å². The van der Waals surface area contributed by atoms with E-state index in [9.17, 15) is 19.2 Å². The largest absolute Gasteiger partial charge is 0.369 e. The molecule has 14 heteroatoms. The van der Waals surface area contributed by atoms with Gasteiger partial charge in [-0.15, -0.1) is 5.10 Å². The van der Waals surface area contributed by atoms with Crippen molar-refractivity contribution in [1.82, 2.24) is 38.9 Å². The minimum Gasteiger partial charge on any atom is -0.369 e. The van der Waals surface area contributed by atoms with Crippen LogP contribution in [0.15, 0.2) is 102 Å². The molecule has 1 aliphatic carbocycles. The summed E-state index contributed by atoms with van der Waals surface area (Å²) in [5.41, 5.74) is 10.2. The van der Waals surface area contributed by atoms with Gasteiger partial charge in [0, 0.05) is 75.4 Å². The number of aryl methyl sites for hydroxylation is 2. The smallest absolute Gasteiger partial charge is 0.329 e. The normalized spacial score (nSPS) is 14.9. The van der Waals surface area contributed by atoms with Gasteiger partial charge in [-0.2, -0.15) is 0 Å². The number of aromatic nitrogens is 6. The lowest BCUT2D eigenvalue weighted by molar-refractivity contribution is -0.121. The molecule has 9 rings (SSSR count). The molecule has 2 N–H and O–H groups in total. The maximum absolute atomic E-state index is 13.3. The van der Waals surface area contributed by atoms with Gasteiger partial charge in [0.2, 0.25) is 0 Å². The number of hydrogen-bond acceptors (Lipinski definition) is 10. The number of piperazine rings is 1. The fourth-order valence-electron chi connectivity index (χ4n) is 8.40. The molecule has 14 nitrogen and oxygen atoms in total. The zero-order chi connectivity index (χ0) is 43.1. The van der Waals surface area contributed by atoms with E-state index in [1.165, 1.54) is 24.1 Å². The van der Waals surface area contributed by atoms with E-state index in [-0.39, 0.29) is 35.6 Å². The number of hydrogen-bond donors (Lipinski definition) is 2. The van der Waals surface area contributed by atoms with Crippen LogP contribution in [0.2, 0.25) is 0 Å². The highest BCUT2D eigenvalue weighted by molar-refractivity contribution is 5.93. The number of nitrogens with zero attached hydrogens (tertiary/aromatic N) is 8. The molecule has 4 aromatic heterocycles. The lowest BCUT2D eigenvalue weighted by Gasteiger charge is -2.36. The average Bonchev–Trinajstić information content (AvgIpc) is 3.92. The molecular weight excluding hydrogens is 781 g/mol. The van der Waals surface area contributed by atoms with E-state index in [4.69, 9.17) is 10.1 Å². The number of carbonyl (C=O) groups excluding carboxylic acids is 3. The topological polar surface area (TPSA) is 152 Å². The Morgan fingerprint density at radius 3 is 2.31 bits per heavy atom. The molecule has 0 bridgehead atoms. The summed E-state index contributed by atoms with van der Waals surface area (Å²) in [7, 11) is 1.72. The molecule has 5 heterocycles. The Morgan fingerprint density at radius 1 is 0.823 bits per heavy atom. The zero-order valence-electron chi connectivity index (χ0n) is 35.5. The van der Waals surface area contributed by atoms with Gasteiger partial charge in [0.25, 0.3) is 5.91 Å². The van der Waals surface area contributed by atoms with Crippen molar-refractivity contribution in [2.75, 3.05) is 36.4 Å². The van der Waals surface area contributed by atoms with Crippen molar-refractivity contribution < 1.29 is 14.4 Å². The first kappa shape index (κ1) is 40.5. The van der Waals surface area contributed by atoms with Gasteiger partial charge in [-0.25, -0.2) is 14.3 Å². The summed E-state index contributed by atoms with van der Waals surface area (Å²) in [6, 6.07) is 28.2. The van der Waals surface area contributed by atoms with Gasteiger partial charge in [-0.1, -0.05) is 36.4 Å². The minimum atomic E-state index is -0.681. The molecule has 1 unspecified atom stereocenters. The van der Waals surface area contributed by atoms with E-state index in [2.05, 4.69) is 67.9 Å². The van der Waals surface area contributed by atoms with E-state index in [1.807, 2.05) is 55.6 Å². The van der Waals surface area contributed by atoms with Crippen molar-refractivity contribution in [3.05, 3.63) is 125 Å². The van der Waals surface area contributed by atoms with Gasteiger partial charge in [0.15, 0.2) is 22.9 Å². The number of fused-ring (bicyclic) bond motifs is 2. The maximum atomic E-state index is 13.3. The second kappa shape index (κ2) is 16.8. The highest BCUT2D eigenvalue weighted by Crippen LogP contribution is 2.30. The molecule has 0 spiro atoms. The molecule has 1 atom stereocenters. The van der Waals surface area contributed by atoms with E-state index in [0.29, 0.717) is 29.1 Å². The lowest BCUT2D eigenvalue weighted by atomic mass is 10.0. The fraction of sp³-hybridized carbons (Fsp3) is 0.312. The third-order valence-corrected chi connectivity index (χ3v) is 12.0. The SMILES string of the molecule is CC(=O)CCC(C(C)=O)n1c(=O)n(C)c2cc(-c3ccc(N4CCN(Cc5ccc(-c6cccc(Nc7cc(C)c8ncc(C(=O)NC9CC9)n8n7)c6)nc5)CC4)cc3)ccc21. The summed E-state index contributed by atoms with van der Waals surface area (Å²) >= 11 is 0. The van der Waals surface area contributed by atoms with Gasteiger partial charge >= 0.3 is 5.69 Å². The second-order valence-electron chi connectivity index (χ2n) is 16.7. The Balaban J connectivity index is 0.805. The van der Waals surface area contributed by atoms with Crippen LogP contribution >= 0.6 is 0 Å². The molecule has 3 aromatic carbocycles. The quantitative estimate of drug-likeness (QED) is 0.119. The van der Waals surface area contributed by atoms with Crippen LogP contribution in [-0.2, 0) is 23.2 Å². The molecule has 1 saturated carbocycles. The monoisotopic (exact) mass is 830 g/mol. The van der Waals surface area contributed by atoms with Crippen LogP contribution < -0.4 is 21.2 Å². The van der Waals surface area contributed by atoms with Crippen molar-refractivity contribution >= 4 is 51.3 Å². The Kier molecular flexibility index (Phi) is 11.0. The highest BCUT2D eigenvalue weighted by Gasteiger charge is 2.27. The third kappa shape index (κ3) is 8.38. The number of rotatable bonds is 14. The van der Waals surface area contributed by atoms with E-state index < -0.39 is 6.04 Å². The highest BCUT2D eigenvalue weighted by atomic mass is 16.2. The number of nitrogens with one attached hydrogen (secondary N) is 2. The molecule has 1 saturated heterocycles. The first-order chi connectivity index (χ1) is 30.0. The Labute approximate surface area is 359 Å².